The first-order valence-electron chi connectivity index (χ1n) is 9.61. The standard InChI is InChI=1S/C22H21N3O2S2/c1-2-3-7-12-24-21(26)19(29-22(24)28)14-16-15-25(17-9-5-4-6-10-17)23-20(16)18-11-8-13-27-18/h4-6,8-11,13-15H,2-3,7,12H2,1H3. The van der Waals surface area contributed by atoms with Crippen LogP contribution >= 0.6 is 24.0 Å². The lowest BCUT2D eigenvalue weighted by Gasteiger charge is -2.13. The number of furan rings is 1. The van der Waals surface area contributed by atoms with Gasteiger partial charge in [0.15, 0.2) is 5.76 Å². The average Bonchev–Trinajstić information content (AvgIpc) is 3.45. The number of hydrogen-bond acceptors (Lipinski definition) is 5. The third kappa shape index (κ3) is 4.21. The highest BCUT2D eigenvalue weighted by atomic mass is 32.2. The van der Waals surface area contributed by atoms with Gasteiger partial charge in [-0.2, -0.15) is 5.10 Å². The maximum Gasteiger partial charge on any atom is 0.266 e. The van der Waals surface area contributed by atoms with Crippen LogP contribution < -0.4 is 0 Å². The molecular formula is C22H21N3O2S2. The van der Waals surface area contributed by atoms with E-state index >= 15 is 0 Å². The molecule has 1 aliphatic rings. The fraction of sp³-hybridized carbons (Fsp3) is 0.227. The van der Waals surface area contributed by atoms with Gasteiger partial charge in [0.2, 0.25) is 0 Å². The summed E-state index contributed by atoms with van der Waals surface area (Å²) in [5.41, 5.74) is 2.44. The number of carbonyl (C=O) groups is 1. The highest BCUT2D eigenvalue weighted by molar-refractivity contribution is 8.26. The minimum atomic E-state index is -0.0334. The molecule has 1 saturated heterocycles. The van der Waals surface area contributed by atoms with Crippen LogP contribution in [0.5, 0.6) is 0 Å². The Labute approximate surface area is 179 Å². The van der Waals surface area contributed by atoms with Crippen molar-refractivity contribution in [3.63, 3.8) is 0 Å². The van der Waals surface area contributed by atoms with Gasteiger partial charge >= 0.3 is 0 Å². The van der Waals surface area contributed by atoms with Crippen LogP contribution in [-0.2, 0) is 4.79 Å². The molecule has 0 N–H and O–H groups in total. The summed E-state index contributed by atoms with van der Waals surface area (Å²) in [6, 6.07) is 13.5. The lowest BCUT2D eigenvalue weighted by molar-refractivity contribution is -0.122. The van der Waals surface area contributed by atoms with E-state index in [1.54, 1.807) is 15.8 Å². The molecule has 4 rings (SSSR count). The van der Waals surface area contributed by atoms with E-state index in [4.69, 9.17) is 21.7 Å². The molecule has 2 aromatic heterocycles. The van der Waals surface area contributed by atoms with E-state index in [2.05, 4.69) is 6.92 Å². The molecular weight excluding hydrogens is 402 g/mol. The second kappa shape index (κ2) is 8.80. The second-order valence-corrected chi connectivity index (χ2v) is 8.41. The molecule has 1 amide bonds. The summed E-state index contributed by atoms with van der Waals surface area (Å²) in [5.74, 6) is 0.623. The number of para-hydroxylation sites is 1. The molecule has 0 aliphatic carbocycles. The molecule has 0 atom stereocenters. The van der Waals surface area contributed by atoms with Crippen LogP contribution in [0, 0.1) is 0 Å². The maximum atomic E-state index is 12.9. The zero-order valence-corrected chi connectivity index (χ0v) is 17.7. The van der Waals surface area contributed by atoms with Crippen LogP contribution in [0.15, 0.2) is 64.2 Å². The topological polar surface area (TPSA) is 51.3 Å². The predicted octanol–water partition coefficient (Wildman–Crippen LogP) is 5.52. The molecule has 0 bridgehead atoms. The van der Waals surface area contributed by atoms with Gasteiger partial charge in [0.25, 0.3) is 5.91 Å². The van der Waals surface area contributed by atoms with Gasteiger partial charge in [-0.05, 0) is 36.8 Å². The Kier molecular flexibility index (Phi) is 5.97. The van der Waals surface area contributed by atoms with Gasteiger partial charge in [-0.1, -0.05) is 61.9 Å². The Morgan fingerprint density at radius 2 is 2.00 bits per heavy atom. The number of thiocarbonyl (C=S) groups is 1. The third-order valence-electron chi connectivity index (χ3n) is 4.66. The molecule has 0 saturated carbocycles. The number of unbranched alkanes of at least 4 members (excludes halogenated alkanes) is 2. The van der Waals surface area contributed by atoms with Gasteiger partial charge in [0.1, 0.15) is 10.0 Å². The molecule has 5 nitrogen and oxygen atoms in total. The SMILES string of the molecule is CCCCCN1C(=O)C(=Cc2cn(-c3ccccc3)nc2-c2ccco2)SC1=S. The minimum Gasteiger partial charge on any atom is -0.463 e. The Balaban J connectivity index is 1.68. The van der Waals surface area contributed by atoms with Gasteiger partial charge in [-0.3, -0.25) is 9.69 Å². The summed E-state index contributed by atoms with van der Waals surface area (Å²) in [6.45, 7) is 2.81. The van der Waals surface area contributed by atoms with Gasteiger partial charge in [-0.25, -0.2) is 4.68 Å². The van der Waals surface area contributed by atoms with Gasteiger partial charge in [-0.15, -0.1) is 0 Å². The van der Waals surface area contributed by atoms with E-state index in [0.717, 1.165) is 30.5 Å². The van der Waals surface area contributed by atoms with Crippen LogP contribution in [-0.4, -0.2) is 31.5 Å². The number of amides is 1. The quantitative estimate of drug-likeness (QED) is 0.284. The summed E-state index contributed by atoms with van der Waals surface area (Å²) in [5, 5.41) is 4.70. The molecule has 29 heavy (non-hydrogen) atoms. The number of nitrogens with zero attached hydrogens (tertiary/aromatic N) is 3. The van der Waals surface area contributed by atoms with Crippen molar-refractivity contribution in [1.82, 2.24) is 14.7 Å². The van der Waals surface area contributed by atoms with E-state index in [-0.39, 0.29) is 5.91 Å². The van der Waals surface area contributed by atoms with E-state index in [1.165, 1.54) is 11.8 Å². The lowest BCUT2D eigenvalue weighted by Crippen LogP contribution is -2.28. The van der Waals surface area contributed by atoms with Crippen molar-refractivity contribution in [1.29, 1.82) is 0 Å². The Morgan fingerprint density at radius 1 is 1.17 bits per heavy atom. The van der Waals surface area contributed by atoms with Gasteiger partial charge in [0, 0.05) is 18.3 Å². The third-order valence-corrected chi connectivity index (χ3v) is 6.04. The number of hydrogen-bond donors (Lipinski definition) is 0. The lowest BCUT2D eigenvalue weighted by atomic mass is 10.2. The van der Waals surface area contributed by atoms with Crippen LogP contribution in [0.2, 0.25) is 0 Å². The monoisotopic (exact) mass is 423 g/mol. The van der Waals surface area contributed by atoms with Crippen molar-refractivity contribution in [2.75, 3.05) is 6.54 Å². The van der Waals surface area contributed by atoms with E-state index in [0.29, 0.717) is 27.2 Å². The average molecular weight is 424 g/mol. The first-order valence-corrected chi connectivity index (χ1v) is 10.8. The molecule has 148 valence electrons. The molecule has 0 unspecified atom stereocenters. The number of carbonyl (C=O) groups excluding carboxylic acids is 1. The van der Waals surface area contributed by atoms with Gasteiger partial charge < -0.3 is 4.42 Å². The number of benzene rings is 1. The Bertz CT molecular complexity index is 1040. The highest BCUT2D eigenvalue weighted by Crippen LogP contribution is 2.35. The Morgan fingerprint density at radius 3 is 2.72 bits per heavy atom. The van der Waals surface area contributed by atoms with E-state index in [9.17, 15) is 4.79 Å². The smallest absolute Gasteiger partial charge is 0.266 e. The summed E-state index contributed by atoms with van der Waals surface area (Å²) < 4.78 is 7.99. The van der Waals surface area contributed by atoms with Crippen molar-refractivity contribution in [3.8, 4) is 17.1 Å². The van der Waals surface area contributed by atoms with Gasteiger partial charge in [0.05, 0.1) is 16.9 Å². The fourth-order valence-electron chi connectivity index (χ4n) is 3.16. The van der Waals surface area contributed by atoms with E-state index in [1.807, 2.05) is 54.7 Å². The van der Waals surface area contributed by atoms with Crippen molar-refractivity contribution in [2.24, 2.45) is 0 Å². The summed E-state index contributed by atoms with van der Waals surface area (Å²) in [7, 11) is 0. The summed E-state index contributed by atoms with van der Waals surface area (Å²) in [6.07, 6.45) is 8.55. The van der Waals surface area contributed by atoms with Crippen molar-refractivity contribution < 1.29 is 9.21 Å². The highest BCUT2D eigenvalue weighted by Gasteiger charge is 2.32. The van der Waals surface area contributed by atoms with Crippen LogP contribution in [0.25, 0.3) is 23.2 Å². The largest absolute Gasteiger partial charge is 0.463 e. The molecule has 0 spiro atoms. The second-order valence-electron chi connectivity index (χ2n) is 6.73. The van der Waals surface area contributed by atoms with E-state index < -0.39 is 0 Å². The number of aromatic nitrogens is 2. The molecule has 0 radical (unpaired) electrons. The molecule has 1 aromatic carbocycles. The van der Waals surface area contributed by atoms with Crippen molar-refractivity contribution in [3.05, 3.63) is 65.4 Å². The zero-order chi connectivity index (χ0) is 20.2. The van der Waals surface area contributed by atoms with Crippen molar-refractivity contribution in [2.45, 2.75) is 26.2 Å². The molecule has 3 aromatic rings. The van der Waals surface area contributed by atoms with Crippen LogP contribution in [0.4, 0.5) is 0 Å². The summed E-state index contributed by atoms with van der Waals surface area (Å²) >= 11 is 6.79. The summed E-state index contributed by atoms with van der Waals surface area (Å²) in [4.78, 5) is 15.2. The first-order chi connectivity index (χ1) is 14.2. The normalized spacial score (nSPS) is 15.6. The van der Waals surface area contributed by atoms with Crippen LogP contribution in [0.1, 0.15) is 31.7 Å². The van der Waals surface area contributed by atoms with Crippen molar-refractivity contribution >= 4 is 40.3 Å². The minimum absolute atomic E-state index is 0.0334. The number of rotatable bonds is 7. The Hall–Kier alpha value is -2.64. The first kappa shape index (κ1) is 19.7. The van der Waals surface area contributed by atoms with Crippen LogP contribution in [0.3, 0.4) is 0 Å². The number of thioether (sulfide) groups is 1. The fourth-order valence-corrected chi connectivity index (χ4v) is 4.46. The molecule has 1 fully saturated rings. The zero-order valence-electron chi connectivity index (χ0n) is 16.1. The maximum absolute atomic E-state index is 12.9. The molecule has 7 heteroatoms. The molecule has 1 aliphatic heterocycles. The molecule has 3 heterocycles. The predicted molar refractivity (Wildman–Crippen MR) is 121 cm³/mol.